The first-order valence-electron chi connectivity index (χ1n) is 7.52. The molecule has 0 atom stereocenters. The first-order valence-corrected chi connectivity index (χ1v) is 9.13. The number of aromatic nitrogens is 3. The Balaban J connectivity index is 1.97. The highest BCUT2D eigenvalue weighted by molar-refractivity contribution is 9.11. The Morgan fingerprint density at radius 2 is 2.04 bits per heavy atom. The number of rotatable bonds is 3. The molecule has 0 radical (unpaired) electrons. The summed E-state index contributed by atoms with van der Waals surface area (Å²) < 4.78 is 3.03. The van der Waals surface area contributed by atoms with Crippen molar-refractivity contribution in [2.24, 2.45) is 0 Å². The number of allylic oxidation sites excluding steroid dienone is 1. The number of fused-ring (bicyclic) bond motifs is 1. The highest BCUT2D eigenvalue weighted by Crippen LogP contribution is 2.34. The van der Waals surface area contributed by atoms with Crippen LogP contribution in [0, 0.1) is 11.3 Å². The number of hydrogen-bond donors (Lipinski definition) is 0. The Hall–Kier alpha value is -2.75. The van der Waals surface area contributed by atoms with E-state index in [1.54, 1.807) is 17.5 Å². The Morgan fingerprint density at radius 3 is 2.76 bits per heavy atom. The van der Waals surface area contributed by atoms with Gasteiger partial charge in [-0.2, -0.15) is 5.26 Å². The number of pyridine rings is 2. The maximum Gasteiger partial charge on any atom is 0.137 e. The second-order valence-corrected chi connectivity index (χ2v) is 7.73. The van der Waals surface area contributed by atoms with Gasteiger partial charge in [-0.05, 0) is 58.4 Å². The number of imidazole rings is 1. The lowest BCUT2D eigenvalue weighted by molar-refractivity contribution is 1.17. The molecule has 120 valence electrons. The molecule has 4 heterocycles. The minimum atomic E-state index is 0.503. The van der Waals surface area contributed by atoms with E-state index in [4.69, 9.17) is 4.98 Å². The summed E-state index contributed by atoms with van der Waals surface area (Å²) in [6.07, 6.45) is 5.49. The Kier molecular flexibility index (Phi) is 4.18. The summed E-state index contributed by atoms with van der Waals surface area (Å²) in [5, 5.41) is 9.62. The zero-order valence-electron chi connectivity index (χ0n) is 12.9. The Morgan fingerprint density at radius 1 is 1.16 bits per heavy atom. The first kappa shape index (κ1) is 15.8. The molecule has 0 aliphatic heterocycles. The largest absolute Gasteiger partial charge is 0.300 e. The van der Waals surface area contributed by atoms with Crippen molar-refractivity contribution in [3.63, 3.8) is 0 Å². The van der Waals surface area contributed by atoms with Crippen LogP contribution in [0.2, 0.25) is 0 Å². The van der Waals surface area contributed by atoms with Crippen LogP contribution in [0.15, 0.2) is 64.7 Å². The fraction of sp³-hybridized carbons (Fsp3) is 0. The molecular weight excluding hydrogens is 396 g/mol. The molecular formula is C19H11BrN4S. The van der Waals surface area contributed by atoms with Crippen LogP contribution in [-0.2, 0) is 0 Å². The quantitative estimate of drug-likeness (QED) is 0.434. The van der Waals surface area contributed by atoms with E-state index >= 15 is 0 Å². The maximum absolute atomic E-state index is 9.62. The molecule has 0 aromatic carbocycles. The van der Waals surface area contributed by atoms with Crippen LogP contribution < -0.4 is 0 Å². The average molecular weight is 407 g/mol. The normalized spacial score (nSPS) is 11.6. The van der Waals surface area contributed by atoms with E-state index in [9.17, 15) is 5.26 Å². The molecule has 0 spiro atoms. The maximum atomic E-state index is 9.62. The zero-order chi connectivity index (χ0) is 17.2. The first-order chi connectivity index (χ1) is 12.3. The highest BCUT2D eigenvalue weighted by Gasteiger charge is 2.15. The van der Waals surface area contributed by atoms with Crippen LogP contribution in [0.4, 0.5) is 0 Å². The number of halogens is 1. The number of nitrogens with zero attached hydrogens (tertiary/aromatic N) is 4. The molecule has 0 bridgehead atoms. The van der Waals surface area contributed by atoms with Crippen LogP contribution in [-0.4, -0.2) is 14.4 Å². The summed E-state index contributed by atoms with van der Waals surface area (Å²) in [5.41, 5.74) is 3.71. The third-order valence-corrected chi connectivity index (χ3v) is 5.35. The predicted molar refractivity (Wildman–Crippen MR) is 104 cm³/mol. The molecule has 4 aromatic heterocycles. The lowest BCUT2D eigenvalue weighted by Gasteiger charge is -2.01. The summed E-state index contributed by atoms with van der Waals surface area (Å²) in [6.45, 7) is 0. The molecule has 0 N–H and O–H groups in total. The molecule has 0 unspecified atom stereocenters. The minimum Gasteiger partial charge on any atom is -0.300 e. The highest BCUT2D eigenvalue weighted by atomic mass is 79.9. The average Bonchev–Trinajstić information content (AvgIpc) is 3.24. The van der Waals surface area contributed by atoms with Gasteiger partial charge >= 0.3 is 0 Å². The molecule has 4 nitrogen and oxygen atoms in total. The molecule has 0 fully saturated rings. The van der Waals surface area contributed by atoms with Gasteiger partial charge in [0, 0.05) is 12.4 Å². The third kappa shape index (κ3) is 3.00. The lowest BCUT2D eigenvalue weighted by atomic mass is 10.1. The van der Waals surface area contributed by atoms with E-state index in [0.717, 1.165) is 25.7 Å². The van der Waals surface area contributed by atoms with Gasteiger partial charge in [-0.3, -0.25) is 9.38 Å². The van der Waals surface area contributed by atoms with E-state index in [-0.39, 0.29) is 0 Å². The van der Waals surface area contributed by atoms with Gasteiger partial charge in [-0.1, -0.05) is 12.1 Å². The van der Waals surface area contributed by atoms with Crippen LogP contribution in [0.1, 0.15) is 11.4 Å². The van der Waals surface area contributed by atoms with E-state index in [1.165, 1.54) is 0 Å². The molecule has 0 aliphatic rings. The van der Waals surface area contributed by atoms with Crippen molar-refractivity contribution >= 4 is 44.6 Å². The van der Waals surface area contributed by atoms with Crippen molar-refractivity contribution < 1.29 is 0 Å². The second kappa shape index (κ2) is 6.63. The smallest absolute Gasteiger partial charge is 0.137 e. The predicted octanol–water partition coefficient (Wildman–Crippen LogP) is 5.28. The zero-order valence-corrected chi connectivity index (χ0v) is 15.3. The fourth-order valence-corrected chi connectivity index (χ4v) is 3.98. The summed E-state index contributed by atoms with van der Waals surface area (Å²) in [4.78, 5) is 10.1. The van der Waals surface area contributed by atoms with E-state index < -0.39 is 0 Å². The number of thiophene rings is 1. The number of hydrogen-bond acceptors (Lipinski definition) is 4. The molecule has 4 rings (SSSR count). The summed E-state index contributed by atoms with van der Waals surface area (Å²) >= 11 is 5.12. The van der Waals surface area contributed by atoms with E-state index in [1.807, 2.05) is 65.2 Å². The second-order valence-electron chi connectivity index (χ2n) is 5.26. The summed E-state index contributed by atoms with van der Waals surface area (Å²) in [6, 6.07) is 17.7. The van der Waals surface area contributed by atoms with Crippen LogP contribution in [0.25, 0.3) is 27.9 Å². The van der Waals surface area contributed by atoms with Gasteiger partial charge < -0.3 is 0 Å². The number of nitriles is 1. The van der Waals surface area contributed by atoms with Crippen LogP contribution >= 0.6 is 27.3 Å². The Bertz CT molecular complexity index is 1120. The van der Waals surface area contributed by atoms with Gasteiger partial charge in [-0.25, -0.2) is 4.98 Å². The van der Waals surface area contributed by atoms with E-state index in [0.29, 0.717) is 11.3 Å². The van der Waals surface area contributed by atoms with Crippen molar-refractivity contribution in [2.75, 3.05) is 0 Å². The van der Waals surface area contributed by atoms with Gasteiger partial charge in [0.05, 0.1) is 25.6 Å². The molecule has 0 saturated carbocycles. The van der Waals surface area contributed by atoms with Gasteiger partial charge in [0.1, 0.15) is 17.4 Å². The minimum absolute atomic E-state index is 0.503. The summed E-state index contributed by atoms with van der Waals surface area (Å²) in [5.74, 6) is 0. The topological polar surface area (TPSA) is 54.0 Å². The third-order valence-electron chi connectivity index (χ3n) is 3.72. The van der Waals surface area contributed by atoms with Crippen LogP contribution in [0.3, 0.4) is 0 Å². The molecule has 0 saturated heterocycles. The van der Waals surface area contributed by atoms with Gasteiger partial charge in [-0.15, -0.1) is 11.3 Å². The summed E-state index contributed by atoms with van der Waals surface area (Å²) in [7, 11) is 0. The van der Waals surface area contributed by atoms with Crippen molar-refractivity contribution in [1.29, 1.82) is 5.26 Å². The fourth-order valence-electron chi connectivity index (χ4n) is 2.60. The van der Waals surface area contributed by atoms with Crippen molar-refractivity contribution in [3.8, 4) is 16.6 Å². The SMILES string of the molecule is N#CC(=Cc1c(-c2ccc(Br)s2)nc2ccccn12)c1ccccn1. The molecule has 25 heavy (non-hydrogen) atoms. The molecule has 4 aromatic rings. The van der Waals surface area contributed by atoms with Gasteiger partial charge in [0.15, 0.2) is 0 Å². The lowest BCUT2D eigenvalue weighted by Crippen LogP contribution is -1.90. The van der Waals surface area contributed by atoms with Gasteiger partial charge in [0.25, 0.3) is 0 Å². The standard InChI is InChI=1S/C19H11BrN4S/c20-17-8-7-16(25-17)19-15(24-10-4-2-6-18(24)23-19)11-13(12-21)14-5-1-3-9-22-14/h1-11H. The van der Waals surface area contributed by atoms with E-state index in [2.05, 4.69) is 27.0 Å². The van der Waals surface area contributed by atoms with Crippen molar-refractivity contribution in [3.05, 3.63) is 76.1 Å². The molecule has 6 heteroatoms. The van der Waals surface area contributed by atoms with Crippen molar-refractivity contribution in [2.45, 2.75) is 0 Å². The molecule has 0 aliphatic carbocycles. The van der Waals surface area contributed by atoms with Crippen molar-refractivity contribution in [1.82, 2.24) is 14.4 Å². The Labute approximate surface area is 156 Å². The monoisotopic (exact) mass is 406 g/mol. The molecule has 0 amide bonds. The van der Waals surface area contributed by atoms with Gasteiger partial charge in [0.2, 0.25) is 0 Å². The van der Waals surface area contributed by atoms with Crippen LogP contribution in [0.5, 0.6) is 0 Å².